The van der Waals surface area contributed by atoms with E-state index in [1.165, 1.54) is 10.9 Å². The lowest BCUT2D eigenvalue weighted by atomic mass is 10.1. The van der Waals surface area contributed by atoms with Crippen LogP contribution < -0.4 is 0 Å². The smallest absolute Gasteiger partial charge is 0.419 e. The molecule has 13 heteroatoms. The van der Waals surface area contributed by atoms with E-state index >= 15 is 0 Å². The summed E-state index contributed by atoms with van der Waals surface area (Å²) in [7, 11) is 0. The first kappa shape index (κ1) is 20.3. The highest BCUT2D eigenvalue weighted by atomic mass is 19.4. The van der Waals surface area contributed by atoms with Gasteiger partial charge in [0.05, 0.1) is 29.6 Å². The molecule has 3 heterocycles. The molecular formula is C18H12F4N6O3. The van der Waals surface area contributed by atoms with E-state index in [2.05, 4.69) is 20.2 Å². The van der Waals surface area contributed by atoms with Crippen molar-refractivity contribution in [2.24, 2.45) is 0 Å². The molecule has 3 aromatic heterocycles. The molecule has 4 rings (SSSR count). The topological polar surface area (TPSA) is 119 Å². The molecule has 0 aliphatic carbocycles. The molecular weight excluding hydrogens is 424 g/mol. The average Bonchev–Trinajstić information content (AvgIpc) is 3.34. The van der Waals surface area contributed by atoms with E-state index in [9.17, 15) is 27.5 Å². The molecule has 31 heavy (non-hydrogen) atoms. The van der Waals surface area contributed by atoms with Gasteiger partial charge in [-0.25, -0.2) is 18.9 Å². The molecule has 0 saturated heterocycles. The van der Waals surface area contributed by atoms with Gasteiger partial charge in [0.1, 0.15) is 16.9 Å². The van der Waals surface area contributed by atoms with Gasteiger partial charge >= 0.3 is 12.1 Å². The predicted octanol–water partition coefficient (Wildman–Crippen LogP) is 3.18. The summed E-state index contributed by atoms with van der Waals surface area (Å²) in [6.07, 6.45) is -1.31. The molecule has 9 nitrogen and oxygen atoms in total. The highest BCUT2D eigenvalue weighted by Crippen LogP contribution is 2.34. The second-order valence-electron chi connectivity index (χ2n) is 6.56. The number of carbonyl (C=O) groups is 1. The molecule has 4 aromatic rings. The van der Waals surface area contributed by atoms with E-state index in [4.69, 9.17) is 5.11 Å². The first-order valence-electron chi connectivity index (χ1n) is 8.65. The number of rotatable bonds is 4. The van der Waals surface area contributed by atoms with Crippen molar-refractivity contribution < 1.29 is 32.6 Å². The van der Waals surface area contributed by atoms with E-state index in [1.54, 1.807) is 6.92 Å². The molecule has 0 radical (unpaired) electrons. The minimum absolute atomic E-state index is 0.0576. The first-order valence-corrected chi connectivity index (χ1v) is 8.65. The Labute approximate surface area is 170 Å². The van der Waals surface area contributed by atoms with Gasteiger partial charge in [0.25, 0.3) is 5.95 Å². The molecule has 0 amide bonds. The van der Waals surface area contributed by atoms with Crippen LogP contribution in [0.3, 0.4) is 0 Å². The number of hydrogen-bond donors (Lipinski definition) is 2. The van der Waals surface area contributed by atoms with E-state index in [0.717, 1.165) is 29.2 Å². The molecule has 0 saturated carbocycles. The number of carboxylic acids is 1. The Kier molecular flexibility index (Phi) is 4.60. The molecule has 0 aliphatic rings. The van der Waals surface area contributed by atoms with Crippen molar-refractivity contribution in [1.82, 2.24) is 29.5 Å². The fraction of sp³-hybridized carbons (Fsp3) is 0.167. The Morgan fingerprint density at radius 1 is 1.16 bits per heavy atom. The summed E-state index contributed by atoms with van der Waals surface area (Å²) in [5.41, 5.74) is -1.10. The summed E-state index contributed by atoms with van der Waals surface area (Å²) in [5.74, 6) is -3.28. The monoisotopic (exact) mass is 436 g/mol. The highest BCUT2D eigenvalue weighted by molar-refractivity contribution is 5.87. The van der Waals surface area contributed by atoms with Crippen molar-refractivity contribution in [2.75, 3.05) is 0 Å². The summed E-state index contributed by atoms with van der Waals surface area (Å²) in [6, 6.07) is 1.75. The average molecular weight is 436 g/mol. The number of fused-ring (bicyclic) bond motifs is 1. The summed E-state index contributed by atoms with van der Waals surface area (Å²) in [5, 5.41) is 27.3. The van der Waals surface area contributed by atoms with Gasteiger partial charge in [0.2, 0.25) is 5.88 Å². The standard InChI is InChI=1S/C18H12F4N6O3/c1-8(9-2-3-11(12(19)4-9)18(20,21)22)28-14-13(6-24-28)25-17(26-15(14)29)27-7-10(5-23-27)16(30)31/h2-8H,1H3,(H,30,31)(H,25,26,29)/t8-/m0/s1. The normalized spacial score (nSPS) is 12.9. The summed E-state index contributed by atoms with van der Waals surface area (Å²) < 4.78 is 54.6. The van der Waals surface area contributed by atoms with Gasteiger partial charge in [0.15, 0.2) is 0 Å². The van der Waals surface area contributed by atoms with Crippen LogP contribution in [0.25, 0.3) is 17.0 Å². The van der Waals surface area contributed by atoms with Crippen LogP contribution in [-0.4, -0.2) is 45.7 Å². The molecule has 0 bridgehead atoms. The number of hydrogen-bond acceptors (Lipinski definition) is 6. The summed E-state index contributed by atoms with van der Waals surface area (Å²) >= 11 is 0. The van der Waals surface area contributed by atoms with Crippen LogP contribution in [0.4, 0.5) is 17.6 Å². The Morgan fingerprint density at radius 3 is 2.52 bits per heavy atom. The van der Waals surface area contributed by atoms with Gasteiger partial charge in [-0.15, -0.1) is 0 Å². The Balaban J connectivity index is 1.74. The lowest BCUT2D eigenvalue weighted by Crippen LogP contribution is -2.12. The van der Waals surface area contributed by atoms with E-state index < -0.39 is 35.4 Å². The number of aromatic nitrogens is 6. The highest BCUT2D eigenvalue weighted by Gasteiger charge is 2.34. The third kappa shape index (κ3) is 3.53. The van der Waals surface area contributed by atoms with Crippen LogP contribution in [0.15, 0.2) is 36.8 Å². The predicted molar refractivity (Wildman–Crippen MR) is 96.3 cm³/mol. The zero-order valence-corrected chi connectivity index (χ0v) is 15.5. The third-order valence-electron chi connectivity index (χ3n) is 4.60. The zero-order chi connectivity index (χ0) is 22.5. The number of benzene rings is 1. The van der Waals surface area contributed by atoms with Gasteiger partial charge in [-0.3, -0.25) is 4.68 Å². The van der Waals surface area contributed by atoms with Gasteiger partial charge in [-0.1, -0.05) is 6.07 Å². The largest absolute Gasteiger partial charge is 0.492 e. The molecule has 0 spiro atoms. The number of halogens is 4. The fourth-order valence-electron chi connectivity index (χ4n) is 3.03. The van der Waals surface area contributed by atoms with Crippen LogP contribution >= 0.6 is 0 Å². The first-order chi connectivity index (χ1) is 14.6. The van der Waals surface area contributed by atoms with Crippen LogP contribution in [0.5, 0.6) is 5.88 Å². The molecule has 0 aliphatic heterocycles. The lowest BCUT2D eigenvalue weighted by molar-refractivity contribution is -0.140. The molecule has 2 N–H and O–H groups in total. The second kappa shape index (κ2) is 7.04. The van der Waals surface area contributed by atoms with Crippen LogP contribution in [0.1, 0.15) is 34.5 Å². The van der Waals surface area contributed by atoms with Gasteiger partial charge in [-0.2, -0.15) is 28.4 Å². The number of nitrogens with zero attached hydrogens (tertiary/aromatic N) is 6. The van der Waals surface area contributed by atoms with Crippen LogP contribution in [-0.2, 0) is 6.18 Å². The Hall–Kier alpha value is -4.03. The number of carboxylic acid groups (broad SMARTS) is 1. The lowest BCUT2D eigenvalue weighted by Gasteiger charge is -2.16. The maximum absolute atomic E-state index is 14.0. The van der Waals surface area contributed by atoms with Crippen LogP contribution in [0, 0.1) is 5.82 Å². The van der Waals surface area contributed by atoms with E-state index in [-0.39, 0.29) is 28.1 Å². The van der Waals surface area contributed by atoms with Crippen LogP contribution in [0.2, 0.25) is 0 Å². The molecule has 1 atom stereocenters. The van der Waals surface area contributed by atoms with Crippen molar-refractivity contribution in [1.29, 1.82) is 0 Å². The SMILES string of the molecule is C[C@@H](c1ccc(C(F)(F)F)c(F)c1)n1ncc2nc(-n3cc(C(=O)O)cn3)nc(O)c21. The Morgan fingerprint density at radius 2 is 1.90 bits per heavy atom. The molecule has 0 fully saturated rings. The second-order valence-corrected chi connectivity index (χ2v) is 6.56. The molecule has 0 unspecified atom stereocenters. The maximum Gasteiger partial charge on any atom is 0.419 e. The number of alkyl halides is 3. The Bertz CT molecular complexity index is 1310. The molecule has 160 valence electrons. The third-order valence-corrected chi connectivity index (χ3v) is 4.60. The number of aromatic carboxylic acids is 1. The van der Waals surface area contributed by atoms with Crippen molar-refractivity contribution in [2.45, 2.75) is 19.1 Å². The summed E-state index contributed by atoms with van der Waals surface area (Å²) in [4.78, 5) is 19.0. The minimum Gasteiger partial charge on any atom is -0.492 e. The maximum atomic E-state index is 14.0. The van der Waals surface area contributed by atoms with Crippen molar-refractivity contribution in [3.05, 3.63) is 59.3 Å². The fourth-order valence-corrected chi connectivity index (χ4v) is 3.03. The van der Waals surface area contributed by atoms with Gasteiger partial charge < -0.3 is 10.2 Å². The summed E-state index contributed by atoms with van der Waals surface area (Å²) in [6.45, 7) is 1.55. The van der Waals surface area contributed by atoms with Crippen molar-refractivity contribution in [3.63, 3.8) is 0 Å². The van der Waals surface area contributed by atoms with Crippen molar-refractivity contribution >= 4 is 17.0 Å². The molecule has 1 aromatic carbocycles. The van der Waals surface area contributed by atoms with E-state index in [0.29, 0.717) is 6.07 Å². The minimum atomic E-state index is -4.82. The van der Waals surface area contributed by atoms with Gasteiger partial charge in [0, 0.05) is 6.20 Å². The zero-order valence-electron chi connectivity index (χ0n) is 15.5. The van der Waals surface area contributed by atoms with Gasteiger partial charge in [-0.05, 0) is 24.6 Å². The quantitative estimate of drug-likeness (QED) is 0.472. The number of aromatic hydroxyl groups is 1. The van der Waals surface area contributed by atoms with E-state index in [1.807, 2.05) is 0 Å². The van der Waals surface area contributed by atoms with Crippen molar-refractivity contribution in [3.8, 4) is 11.8 Å².